The van der Waals surface area contributed by atoms with Crippen molar-refractivity contribution in [3.8, 4) is 0 Å². The highest BCUT2D eigenvalue weighted by Crippen LogP contribution is 2.35. The van der Waals surface area contributed by atoms with Crippen LogP contribution in [0.3, 0.4) is 0 Å². The predicted molar refractivity (Wildman–Crippen MR) is 114 cm³/mol. The van der Waals surface area contributed by atoms with Gasteiger partial charge in [-0.25, -0.2) is 0 Å². The minimum atomic E-state index is -0.147. The number of rotatable bonds is 4. The molecule has 0 spiro atoms. The molecule has 1 heterocycles. The molecule has 0 fully saturated rings. The van der Waals surface area contributed by atoms with Gasteiger partial charge in [0.2, 0.25) is 5.91 Å². The van der Waals surface area contributed by atoms with Crippen LogP contribution in [-0.4, -0.2) is 17.6 Å². The van der Waals surface area contributed by atoms with Crippen molar-refractivity contribution in [3.63, 3.8) is 0 Å². The molecule has 28 heavy (non-hydrogen) atoms. The monoisotopic (exact) mass is 388 g/mol. The summed E-state index contributed by atoms with van der Waals surface area (Å²) >= 11 is 1.58. The lowest BCUT2D eigenvalue weighted by molar-refractivity contribution is -0.116. The molecule has 1 N–H and O–H groups in total. The van der Waals surface area contributed by atoms with E-state index in [2.05, 4.69) is 5.32 Å². The molecule has 0 radical (unpaired) electrons. The molecule has 4 rings (SSSR count). The number of carbonyl (C=O) groups is 2. The first-order chi connectivity index (χ1) is 13.6. The van der Waals surface area contributed by atoms with Gasteiger partial charge in [-0.05, 0) is 48.9 Å². The Bertz CT molecular complexity index is 1010. The molecule has 0 aliphatic carbocycles. The number of fused-ring (bicyclic) bond motifs is 1. The first-order valence-electron chi connectivity index (χ1n) is 9.09. The van der Waals surface area contributed by atoms with Gasteiger partial charge in [0.15, 0.2) is 0 Å². The number of nitrogens with one attached hydrogen (secondary N) is 1. The molecule has 140 valence electrons. The average Bonchev–Trinajstić information content (AvgIpc) is 2.72. The Hall–Kier alpha value is -3.05. The van der Waals surface area contributed by atoms with Gasteiger partial charge in [0.1, 0.15) is 0 Å². The molecule has 5 heteroatoms. The lowest BCUT2D eigenvalue weighted by atomic mass is 10.1. The van der Waals surface area contributed by atoms with Gasteiger partial charge in [0.25, 0.3) is 5.91 Å². The second-order valence-corrected chi connectivity index (χ2v) is 7.77. The summed E-state index contributed by atoms with van der Waals surface area (Å²) in [6.45, 7) is 2.50. The van der Waals surface area contributed by atoms with E-state index in [9.17, 15) is 9.59 Å². The maximum atomic E-state index is 12.4. The van der Waals surface area contributed by atoms with Crippen LogP contribution in [-0.2, 0) is 11.3 Å². The lowest BCUT2D eigenvalue weighted by Gasteiger charge is -2.29. The Morgan fingerprint density at radius 2 is 1.71 bits per heavy atom. The summed E-state index contributed by atoms with van der Waals surface area (Å²) in [5.74, 6) is 0.407. The number of hydrogen-bond donors (Lipinski definition) is 1. The standard InChI is InChI=1S/C23H20N2O2S/c1-16-6-12-19(13-7-16)24-23(27)18-10-8-17(9-11-18)14-25-20-4-2-3-5-21(20)28-15-22(25)26/h2-13H,14-15H2,1H3,(H,24,27). The quantitative estimate of drug-likeness (QED) is 0.693. The number of carbonyl (C=O) groups excluding carboxylic acids is 2. The molecule has 0 atom stereocenters. The summed E-state index contributed by atoms with van der Waals surface area (Å²) in [6, 6.07) is 23.1. The van der Waals surface area contributed by atoms with Crippen molar-refractivity contribution in [1.29, 1.82) is 0 Å². The van der Waals surface area contributed by atoms with Crippen molar-refractivity contribution in [3.05, 3.63) is 89.5 Å². The average molecular weight is 388 g/mol. The second-order valence-electron chi connectivity index (χ2n) is 6.75. The van der Waals surface area contributed by atoms with Crippen molar-refractivity contribution in [1.82, 2.24) is 0 Å². The third-order valence-corrected chi connectivity index (χ3v) is 5.72. The number of nitrogens with zero attached hydrogens (tertiary/aromatic N) is 1. The van der Waals surface area contributed by atoms with Crippen molar-refractivity contribution in [2.45, 2.75) is 18.4 Å². The highest BCUT2D eigenvalue weighted by molar-refractivity contribution is 8.00. The van der Waals surface area contributed by atoms with Crippen LogP contribution in [0, 0.1) is 6.92 Å². The smallest absolute Gasteiger partial charge is 0.255 e. The van der Waals surface area contributed by atoms with E-state index >= 15 is 0 Å². The Balaban J connectivity index is 1.47. The number of anilines is 2. The van der Waals surface area contributed by atoms with Crippen LogP contribution in [0.4, 0.5) is 11.4 Å². The van der Waals surface area contributed by atoms with Crippen LogP contribution in [0.2, 0.25) is 0 Å². The third kappa shape index (κ3) is 3.94. The van der Waals surface area contributed by atoms with Gasteiger partial charge < -0.3 is 10.2 Å². The molecule has 4 nitrogen and oxygen atoms in total. The highest BCUT2D eigenvalue weighted by atomic mass is 32.2. The van der Waals surface area contributed by atoms with Crippen LogP contribution in [0.5, 0.6) is 0 Å². The number of hydrogen-bond acceptors (Lipinski definition) is 3. The number of benzene rings is 3. The molecule has 0 unspecified atom stereocenters. The summed E-state index contributed by atoms with van der Waals surface area (Å²) < 4.78 is 0. The summed E-state index contributed by atoms with van der Waals surface area (Å²) in [4.78, 5) is 27.8. The van der Waals surface area contributed by atoms with Crippen LogP contribution in [0.1, 0.15) is 21.5 Å². The Labute approximate surface area is 168 Å². The first kappa shape index (κ1) is 18.3. The summed E-state index contributed by atoms with van der Waals surface area (Å²) in [5, 5.41) is 2.90. The normalized spacial score (nSPS) is 13.2. The zero-order chi connectivity index (χ0) is 19.5. The van der Waals surface area contributed by atoms with Crippen molar-refractivity contribution >= 4 is 35.0 Å². The van der Waals surface area contributed by atoms with Crippen LogP contribution in [0.25, 0.3) is 0 Å². The zero-order valence-electron chi connectivity index (χ0n) is 15.5. The van der Waals surface area contributed by atoms with Crippen molar-refractivity contribution < 1.29 is 9.59 Å². The Morgan fingerprint density at radius 3 is 2.46 bits per heavy atom. The topological polar surface area (TPSA) is 49.4 Å². The molecule has 2 amide bonds. The summed E-state index contributed by atoms with van der Waals surface area (Å²) in [6.07, 6.45) is 0. The van der Waals surface area contributed by atoms with Crippen molar-refractivity contribution in [2.24, 2.45) is 0 Å². The van der Waals surface area contributed by atoms with Crippen LogP contribution < -0.4 is 10.2 Å². The summed E-state index contributed by atoms with van der Waals surface area (Å²) in [5.41, 5.74) is 4.44. The molecule has 3 aromatic carbocycles. The van der Waals surface area contributed by atoms with Crippen molar-refractivity contribution in [2.75, 3.05) is 16.0 Å². The van der Waals surface area contributed by atoms with E-state index in [4.69, 9.17) is 0 Å². The van der Waals surface area contributed by atoms with Gasteiger partial charge in [-0.2, -0.15) is 0 Å². The molecule has 0 saturated carbocycles. The number of para-hydroxylation sites is 1. The molecular weight excluding hydrogens is 368 g/mol. The minimum Gasteiger partial charge on any atom is -0.322 e. The summed E-state index contributed by atoms with van der Waals surface area (Å²) in [7, 11) is 0. The fraction of sp³-hybridized carbons (Fsp3) is 0.130. The maximum Gasteiger partial charge on any atom is 0.255 e. The first-order valence-corrected chi connectivity index (χ1v) is 10.1. The fourth-order valence-electron chi connectivity index (χ4n) is 3.11. The molecule has 3 aromatic rings. The molecule has 0 bridgehead atoms. The number of thioether (sulfide) groups is 1. The molecule has 1 aliphatic heterocycles. The minimum absolute atomic E-state index is 0.102. The Morgan fingerprint density at radius 1 is 1.00 bits per heavy atom. The number of aryl methyl sites for hydroxylation is 1. The van der Waals surface area contributed by atoms with Gasteiger partial charge in [-0.1, -0.05) is 42.0 Å². The Kier molecular flexibility index (Phi) is 5.17. The largest absolute Gasteiger partial charge is 0.322 e. The van der Waals surface area contributed by atoms with E-state index in [0.29, 0.717) is 17.9 Å². The van der Waals surface area contributed by atoms with Gasteiger partial charge in [-0.3, -0.25) is 9.59 Å². The van der Waals surface area contributed by atoms with Gasteiger partial charge in [0, 0.05) is 16.1 Å². The van der Waals surface area contributed by atoms with Gasteiger partial charge >= 0.3 is 0 Å². The van der Waals surface area contributed by atoms with Crippen LogP contribution >= 0.6 is 11.8 Å². The van der Waals surface area contributed by atoms with Gasteiger partial charge in [0.05, 0.1) is 18.0 Å². The van der Waals surface area contributed by atoms with E-state index in [1.54, 1.807) is 23.9 Å². The molecular formula is C23H20N2O2S. The fourth-order valence-corrected chi connectivity index (χ4v) is 4.05. The molecule has 0 saturated heterocycles. The predicted octanol–water partition coefficient (Wildman–Crippen LogP) is 4.89. The maximum absolute atomic E-state index is 12.4. The van der Waals surface area contributed by atoms with E-state index < -0.39 is 0 Å². The zero-order valence-corrected chi connectivity index (χ0v) is 16.3. The third-order valence-electron chi connectivity index (χ3n) is 4.67. The highest BCUT2D eigenvalue weighted by Gasteiger charge is 2.24. The van der Waals surface area contributed by atoms with E-state index in [1.807, 2.05) is 72.5 Å². The number of amides is 2. The SMILES string of the molecule is Cc1ccc(NC(=O)c2ccc(CN3C(=O)CSc4ccccc43)cc2)cc1. The second kappa shape index (κ2) is 7.90. The van der Waals surface area contributed by atoms with Crippen LogP contribution in [0.15, 0.2) is 77.7 Å². The van der Waals surface area contributed by atoms with E-state index in [-0.39, 0.29) is 11.8 Å². The lowest BCUT2D eigenvalue weighted by Crippen LogP contribution is -2.34. The van der Waals surface area contributed by atoms with Gasteiger partial charge in [-0.15, -0.1) is 11.8 Å². The molecule has 0 aromatic heterocycles. The molecule has 1 aliphatic rings. The van der Waals surface area contributed by atoms with E-state index in [1.165, 1.54) is 0 Å². The van der Waals surface area contributed by atoms with E-state index in [0.717, 1.165) is 27.4 Å².